The largest absolute Gasteiger partial charge is 0.493 e. The number of nitrogens with zero attached hydrogens (tertiary/aromatic N) is 1. The summed E-state index contributed by atoms with van der Waals surface area (Å²) in [5.41, 5.74) is 2.26. The van der Waals surface area contributed by atoms with E-state index in [0.29, 0.717) is 24.9 Å². The van der Waals surface area contributed by atoms with Crippen molar-refractivity contribution in [3.05, 3.63) is 84.3 Å². The normalized spacial score (nSPS) is 19.3. The number of hydrogen-bond donors (Lipinski definition) is 1. The SMILES string of the molecule is Fc1ccc([C@@H]2CCN(CCCOc3cccc4[nH]ccc34)C[C@H]2COc2ccc3c(c2)OCO3)cc1. The third-order valence-electron chi connectivity index (χ3n) is 7.36. The Morgan fingerprint density at radius 3 is 2.78 bits per heavy atom. The summed E-state index contributed by atoms with van der Waals surface area (Å²) in [6, 6.07) is 20.8. The number of aromatic nitrogens is 1. The van der Waals surface area contributed by atoms with Crippen molar-refractivity contribution < 1.29 is 23.3 Å². The van der Waals surface area contributed by atoms with Gasteiger partial charge in [0.05, 0.1) is 13.2 Å². The molecule has 1 aromatic heterocycles. The number of rotatable bonds is 9. The molecule has 2 aliphatic rings. The summed E-state index contributed by atoms with van der Waals surface area (Å²) >= 11 is 0. The Morgan fingerprint density at radius 2 is 1.86 bits per heavy atom. The van der Waals surface area contributed by atoms with Crippen LogP contribution in [0.4, 0.5) is 4.39 Å². The predicted octanol–water partition coefficient (Wildman–Crippen LogP) is 5.99. The summed E-state index contributed by atoms with van der Waals surface area (Å²) in [7, 11) is 0. The van der Waals surface area contributed by atoms with E-state index in [-0.39, 0.29) is 18.5 Å². The molecule has 6 nitrogen and oxygen atoms in total. The molecule has 1 saturated heterocycles. The molecule has 0 spiro atoms. The van der Waals surface area contributed by atoms with E-state index in [1.807, 2.05) is 48.7 Å². The fraction of sp³-hybridized carbons (Fsp3) is 0.333. The first kappa shape index (κ1) is 23.7. The van der Waals surface area contributed by atoms with Gasteiger partial charge in [-0.2, -0.15) is 0 Å². The Kier molecular flexibility index (Phi) is 6.86. The van der Waals surface area contributed by atoms with Crippen LogP contribution in [0, 0.1) is 11.7 Å². The molecule has 1 N–H and O–H groups in total. The smallest absolute Gasteiger partial charge is 0.231 e. The van der Waals surface area contributed by atoms with Crippen molar-refractivity contribution in [2.24, 2.45) is 5.92 Å². The van der Waals surface area contributed by atoms with Gasteiger partial charge in [-0.05, 0) is 73.3 Å². The molecule has 0 saturated carbocycles. The number of aromatic amines is 1. The Hall–Kier alpha value is -3.71. The third kappa shape index (κ3) is 5.37. The number of halogens is 1. The monoisotopic (exact) mass is 502 g/mol. The van der Waals surface area contributed by atoms with E-state index < -0.39 is 0 Å². The van der Waals surface area contributed by atoms with Crippen LogP contribution in [0.25, 0.3) is 10.9 Å². The van der Waals surface area contributed by atoms with Gasteiger partial charge < -0.3 is 28.8 Å². The molecule has 0 aliphatic carbocycles. The maximum Gasteiger partial charge on any atom is 0.231 e. The minimum atomic E-state index is -0.204. The first-order valence-electron chi connectivity index (χ1n) is 12.9. The number of piperidine rings is 1. The summed E-state index contributed by atoms with van der Waals surface area (Å²) in [6.07, 6.45) is 3.89. The summed E-state index contributed by atoms with van der Waals surface area (Å²) in [4.78, 5) is 5.72. The van der Waals surface area contributed by atoms with Gasteiger partial charge in [0.1, 0.15) is 17.3 Å². The van der Waals surface area contributed by atoms with Gasteiger partial charge in [0.2, 0.25) is 6.79 Å². The molecule has 2 aliphatic heterocycles. The average molecular weight is 503 g/mol. The number of nitrogens with one attached hydrogen (secondary N) is 1. The van der Waals surface area contributed by atoms with E-state index in [4.69, 9.17) is 18.9 Å². The van der Waals surface area contributed by atoms with Crippen molar-refractivity contribution in [1.29, 1.82) is 0 Å². The second-order valence-electron chi connectivity index (χ2n) is 9.73. The van der Waals surface area contributed by atoms with Gasteiger partial charge >= 0.3 is 0 Å². The zero-order valence-electron chi connectivity index (χ0n) is 20.7. The Bertz CT molecular complexity index is 1340. The third-order valence-corrected chi connectivity index (χ3v) is 7.36. The topological polar surface area (TPSA) is 56.0 Å². The second-order valence-corrected chi connectivity index (χ2v) is 9.73. The molecule has 4 aromatic rings. The predicted molar refractivity (Wildman–Crippen MR) is 140 cm³/mol. The van der Waals surface area contributed by atoms with Crippen LogP contribution in [0.1, 0.15) is 24.3 Å². The van der Waals surface area contributed by atoms with Crippen LogP contribution in [0.2, 0.25) is 0 Å². The standard InChI is InChI=1S/C30H31FN2O4/c31-23-7-5-21(6-8-23)25-12-15-33(14-2-16-34-28-4-1-3-27-26(28)11-13-32-27)18-22(25)19-35-24-9-10-29-30(17-24)37-20-36-29/h1,3-11,13,17,22,25,32H,2,12,14-16,18-20H2/t22-,25-/m0/s1. The number of likely N-dealkylation sites (tertiary alicyclic amines) is 1. The summed E-state index contributed by atoms with van der Waals surface area (Å²) in [6.45, 7) is 4.35. The molecule has 0 amide bonds. The zero-order chi connectivity index (χ0) is 25.0. The molecule has 3 aromatic carbocycles. The van der Waals surface area contributed by atoms with Gasteiger partial charge in [-0.1, -0.05) is 18.2 Å². The van der Waals surface area contributed by atoms with Gasteiger partial charge in [-0.3, -0.25) is 0 Å². The molecule has 1 fully saturated rings. The molecule has 0 unspecified atom stereocenters. The minimum Gasteiger partial charge on any atom is -0.493 e. The van der Waals surface area contributed by atoms with Gasteiger partial charge in [-0.15, -0.1) is 0 Å². The first-order valence-corrected chi connectivity index (χ1v) is 12.9. The molecule has 2 atom stereocenters. The van der Waals surface area contributed by atoms with E-state index in [9.17, 15) is 4.39 Å². The molecule has 0 radical (unpaired) electrons. The van der Waals surface area contributed by atoms with Gasteiger partial charge in [0.25, 0.3) is 0 Å². The molecule has 0 bridgehead atoms. The number of benzene rings is 3. The van der Waals surface area contributed by atoms with Crippen LogP contribution in [0.15, 0.2) is 72.9 Å². The fourth-order valence-corrected chi connectivity index (χ4v) is 5.45. The van der Waals surface area contributed by atoms with E-state index in [1.165, 1.54) is 5.56 Å². The Labute approximate surface area is 215 Å². The molecular weight excluding hydrogens is 471 g/mol. The lowest BCUT2D eigenvalue weighted by atomic mass is 9.81. The number of fused-ring (bicyclic) bond motifs is 2. The highest BCUT2D eigenvalue weighted by molar-refractivity contribution is 5.85. The first-order chi connectivity index (χ1) is 18.2. The highest BCUT2D eigenvalue weighted by atomic mass is 19.1. The highest BCUT2D eigenvalue weighted by Crippen LogP contribution is 2.37. The molecule has 7 heteroatoms. The van der Waals surface area contributed by atoms with Crippen molar-refractivity contribution in [2.75, 3.05) is 39.6 Å². The van der Waals surface area contributed by atoms with Crippen LogP contribution in [0.3, 0.4) is 0 Å². The Balaban J connectivity index is 1.08. The van der Waals surface area contributed by atoms with E-state index in [2.05, 4.69) is 22.0 Å². The molecular formula is C30H31FN2O4. The van der Waals surface area contributed by atoms with Gasteiger partial charge in [-0.25, -0.2) is 4.39 Å². The van der Waals surface area contributed by atoms with Crippen LogP contribution < -0.4 is 18.9 Å². The molecule has 37 heavy (non-hydrogen) atoms. The van der Waals surface area contributed by atoms with E-state index in [1.54, 1.807) is 12.1 Å². The summed E-state index contributed by atoms with van der Waals surface area (Å²) < 4.78 is 36.9. The van der Waals surface area contributed by atoms with Gasteiger partial charge in [0.15, 0.2) is 11.5 Å². The maximum absolute atomic E-state index is 13.6. The molecule has 3 heterocycles. The average Bonchev–Trinajstić information content (AvgIpc) is 3.60. The summed E-state index contributed by atoms with van der Waals surface area (Å²) in [5, 5.41) is 1.11. The lowest BCUT2D eigenvalue weighted by Crippen LogP contribution is -2.42. The molecule has 192 valence electrons. The lowest BCUT2D eigenvalue weighted by Gasteiger charge is -2.39. The van der Waals surface area contributed by atoms with Gasteiger partial charge in [0, 0.05) is 42.2 Å². The molecule has 6 rings (SSSR count). The van der Waals surface area contributed by atoms with Crippen molar-refractivity contribution in [3.8, 4) is 23.0 Å². The van der Waals surface area contributed by atoms with Crippen LogP contribution in [-0.4, -0.2) is 49.5 Å². The number of H-pyrrole nitrogens is 1. The van der Waals surface area contributed by atoms with Crippen molar-refractivity contribution in [3.63, 3.8) is 0 Å². The Morgan fingerprint density at radius 1 is 0.973 bits per heavy atom. The number of ether oxygens (including phenoxy) is 4. The maximum atomic E-state index is 13.6. The quantitative estimate of drug-likeness (QED) is 0.285. The zero-order valence-corrected chi connectivity index (χ0v) is 20.7. The van der Waals surface area contributed by atoms with Crippen LogP contribution in [0.5, 0.6) is 23.0 Å². The van der Waals surface area contributed by atoms with E-state index in [0.717, 1.165) is 60.6 Å². The van der Waals surface area contributed by atoms with Crippen molar-refractivity contribution in [1.82, 2.24) is 9.88 Å². The van der Waals surface area contributed by atoms with Crippen LogP contribution >= 0.6 is 0 Å². The lowest BCUT2D eigenvalue weighted by molar-refractivity contribution is 0.106. The second kappa shape index (κ2) is 10.7. The fourth-order valence-electron chi connectivity index (χ4n) is 5.45. The van der Waals surface area contributed by atoms with Crippen molar-refractivity contribution in [2.45, 2.75) is 18.8 Å². The minimum absolute atomic E-state index is 0.204. The number of hydrogen-bond acceptors (Lipinski definition) is 5. The van der Waals surface area contributed by atoms with Crippen LogP contribution in [-0.2, 0) is 0 Å². The van der Waals surface area contributed by atoms with E-state index >= 15 is 0 Å². The summed E-state index contributed by atoms with van der Waals surface area (Å²) in [5.74, 6) is 3.54. The van der Waals surface area contributed by atoms with Crippen molar-refractivity contribution >= 4 is 10.9 Å². The highest BCUT2D eigenvalue weighted by Gasteiger charge is 2.31.